The zero-order valence-electron chi connectivity index (χ0n) is 11.0. The van der Waals surface area contributed by atoms with Crippen LogP contribution >= 0.6 is 11.8 Å². The number of carbonyl (C=O) groups excluding carboxylic acids is 3. The second-order valence-electron chi connectivity index (χ2n) is 4.44. The van der Waals surface area contributed by atoms with Gasteiger partial charge >= 0.3 is 11.9 Å². The molecule has 2 heterocycles. The molecule has 1 saturated heterocycles. The molecule has 0 aromatic carbocycles. The highest BCUT2D eigenvalue weighted by Gasteiger charge is 2.64. The van der Waals surface area contributed by atoms with Crippen molar-refractivity contribution in [1.82, 2.24) is 10.2 Å². The Labute approximate surface area is 123 Å². The molecule has 2 aliphatic heterocycles. The quantitative estimate of drug-likeness (QED) is 0.307. The minimum atomic E-state index is -1.35. The van der Waals surface area contributed by atoms with Crippen LogP contribution in [0.15, 0.2) is 11.3 Å². The molecule has 1 unspecified atom stereocenters. The number of esters is 1. The Hall–Kier alpha value is -2.07. The fourth-order valence-electron chi connectivity index (χ4n) is 2.22. The highest BCUT2D eigenvalue weighted by molar-refractivity contribution is 8.01. The van der Waals surface area contributed by atoms with Crippen LogP contribution in [-0.2, 0) is 23.9 Å². The molecule has 0 aromatic heterocycles. The number of amides is 2. The Kier molecular flexibility index (Phi) is 3.92. The highest BCUT2D eigenvalue weighted by atomic mass is 32.2. The van der Waals surface area contributed by atoms with Crippen molar-refractivity contribution in [2.75, 3.05) is 12.4 Å². The molecule has 4 N–H and O–H groups in total. The molecule has 0 bridgehead atoms. The van der Waals surface area contributed by atoms with Crippen molar-refractivity contribution < 1.29 is 29.0 Å². The fourth-order valence-corrected chi connectivity index (χ4v) is 3.56. The average molecular weight is 315 g/mol. The molecule has 9 nitrogen and oxygen atoms in total. The maximum absolute atomic E-state index is 11.9. The molecule has 114 valence electrons. The number of rotatable bonds is 5. The minimum absolute atomic E-state index is 0.160. The second kappa shape index (κ2) is 5.37. The summed E-state index contributed by atoms with van der Waals surface area (Å²) in [5.74, 6) is -2.37. The van der Waals surface area contributed by atoms with E-state index < -0.39 is 28.9 Å². The van der Waals surface area contributed by atoms with Gasteiger partial charge in [-0.1, -0.05) is 0 Å². The van der Waals surface area contributed by atoms with Gasteiger partial charge < -0.3 is 20.9 Å². The first kappa shape index (κ1) is 15.3. The van der Waals surface area contributed by atoms with Crippen molar-refractivity contribution in [3.8, 4) is 0 Å². The predicted molar refractivity (Wildman–Crippen MR) is 70.5 cm³/mol. The van der Waals surface area contributed by atoms with Gasteiger partial charge in [-0.3, -0.25) is 19.3 Å². The average Bonchev–Trinajstić information content (AvgIpc) is 2.44. The molecule has 2 amide bonds. The molecule has 0 aromatic rings. The number of nitrogens with two attached hydrogens (primary N) is 1. The normalized spacial score (nSPS) is 27.6. The summed E-state index contributed by atoms with van der Waals surface area (Å²) in [5.41, 5.74) is 5.65. The number of thioether (sulfide) groups is 1. The van der Waals surface area contributed by atoms with Crippen LogP contribution in [0, 0.1) is 0 Å². The predicted octanol–water partition coefficient (Wildman–Crippen LogP) is -1.80. The van der Waals surface area contributed by atoms with Crippen LogP contribution in [0.4, 0.5) is 0 Å². The number of carboxylic acid groups (broad SMARTS) is 1. The molecule has 0 radical (unpaired) electrons. The van der Waals surface area contributed by atoms with Crippen molar-refractivity contribution >= 4 is 36.0 Å². The van der Waals surface area contributed by atoms with Gasteiger partial charge in [-0.05, 0) is 0 Å². The third-order valence-corrected chi connectivity index (χ3v) is 4.67. The summed E-state index contributed by atoms with van der Waals surface area (Å²) < 4.78 is 4.79. The van der Waals surface area contributed by atoms with E-state index in [-0.39, 0.29) is 23.6 Å². The van der Waals surface area contributed by atoms with Gasteiger partial charge in [0.15, 0.2) is 4.99 Å². The van der Waals surface area contributed by atoms with E-state index in [1.165, 1.54) is 6.92 Å². The summed E-state index contributed by atoms with van der Waals surface area (Å²) in [6, 6.07) is -1.03. The van der Waals surface area contributed by atoms with Crippen molar-refractivity contribution in [3.05, 3.63) is 11.3 Å². The van der Waals surface area contributed by atoms with Crippen LogP contribution in [0.2, 0.25) is 0 Å². The summed E-state index contributed by atoms with van der Waals surface area (Å²) >= 11 is 1.10. The molecule has 0 spiro atoms. The highest BCUT2D eigenvalue weighted by Crippen LogP contribution is 2.46. The van der Waals surface area contributed by atoms with E-state index in [2.05, 4.69) is 5.32 Å². The largest absolute Gasteiger partial charge is 0.477 e. The lowest BCUT2D eigenvalue weighted by molar-refractivity contribution is -0.156. The molecule has 10 heteroatoms. The number of hydrogen-bond donors (Lipinski definition) is 3. The van der Waals surface area contributed by atoms with E-state index in [0.29, 0.717) is 6.41 Å². The Bertz CT molecular complexity index is 562. The third-order valence-electron chi connectivity index (χ3n) is 3.18. The minimum Gasteiger partial charge on any atom is -0.477 e. The Balaban J connectivity index is 2.40. The molecule has 2 rings (SSSR count). The maximum Gasteiger partial charge on any atom is 0.352 e. The van der Waals surface area contributed by atoms with E-state index in [1.54, 1.807) is 0 Å². The number of nitrogens with one attached hydrogen (secondary N) is 1. The van der Waals surface area contributed by atoms with Gasteiger partial charge in [-0.25, -0.2) is 4.79 Å². The van der Waals surface area contributed by atoms with Gasteiger partial charge in [0.1, 0.15) is 18.3 Å². The van der Waals surface area contributed by atoms with Crippen LogP contribution in [0.3, 0.4) is 0 Å². The summed E-state index contributed by atoms with van der Waals surface area (Å²) in [7, 11) is 0. The zero-order valence-corrected chi connectivity index (χ0v) is 11.8. The molecule has 2 atom stereocenters. The molecule has 2 aliphatic rings. The van der Waals surface area contributed by atoms with Gasteiger partial charge in [-0.15, -0.1) is 11.8 Å². The number of hydrogen-bond acceptors (Lipinski definition) is 7. The topological polar surface area (TPSA) is 139 Å². The number of fused-ring (bicyclic) bond motifs is 1. The second-order valence-corrected chi connectivity index (χ2v) is 5.64. The lowest BCUT2D eigenvalue weighted by Crippen LogP contribution is -2.82. The Morgan fingerprint density at radius 3 is 2.86 bits per heavy atom. The van der Waals surface area contributed by atoms with Crippen LogP contribution in [0.25, 0.3) is 0 Å². The smallest absolute Gasteiger partial charge is 0.352 e. The molecular weight excluding hydrogens is 302 g/mol. The number of carbonyl (C=O) groups is 4. The van der Waals surface area contributed by atoms with Crippen LogP contribution in [0.5, 0.6) is 0 Å². The first-order valence-electron chi connectivity index (χ1n) is 5.88. The molecular formula is C11H13N3O6S. The summed E-state index contributed by atoms with van der Waals surface area (Å²) in [4.78, 5) is 44.6. The van der Waals surface area contributed by atoms with Crippen molar-refractivity contribution in [2.24, 2.45) is 5.73 Å². The monoisotopic (exact) mass is 315 g/mol. The third kappa shape index (κ3) is 2.25. The van der Waals surface area contributed by atoms with Gasteiger partial charge in [0.05, 0.1) is 0 Å². The fraction of sp³-hybridized carbons (Fsp3) is 0.455. The molecule has 0 aliphatic carbocycles. The van der Waals surface area contributed by atoms with E-state index in [0.717, 1.165) is 16.7 Å². The van der Waals surface area contributed by atoms with Crippen molar-refractivity contribution in [2.45, 2.75) is 18.0 Å². The molecule has 0 saturated carbocycles. The number of ether oxygens (including phenoxy) is 1. The van der Waals surface area contributed by atoms with Crippen molar-refractivity contribution in [1.29, 1.82) is 0 Å². The van der Waals surface area contributed by atoms with Crippen LogP contribution < -0.4 is 11.1 Å². The zero-order chi connectivity index (χ0) is 15.8. The summed E-state index contributed by atoms with van der Waals surface area (Å²) in [5, 5.41) is 11.7. The Morgan fingerprint density at radius 2 is 2.33 bits per heavy atom. The maximum atomic E-state index is 11.9. The van der Waals surface area contributed by atoms with Crippen LogP contribution in [0.1, 0.15) is 6.92 Å². The van der Waals surface area contributed by atoms with E-state index in [1.807, 2.05) is 0 Å². The number of carboxylic acids is 1. The SMILES string of the molecule is CC(=O)OCC1=C(C(=O)O)N2C(=O)[C@@H](N)C2(NC=O)SC1. The Morgan fingerprint density at radius 1 is 1.67 bits per heavy atom. The summed E-state index contributed by atoms with van der Waals surface area (Å²) in [6.07, 6.45) is 0.364. The number of aliphatic carboxylic acids is 1. The van der Waals surface area contributed by atoms with E-state index >= 15 is 0 Å². The number of β-lactam (4-membered cyclic amide) rings is 1. The standard InChI is InChI=1S/C11H13N3O6S/c1-5(16)20-2-6-3-21-11(13-4-15)8(12)9(17)14(11)7(6)10(18)19/h4,8H,2-3,12H2,1H3,(H,13,15)(H,18,19)/t8-,11?/m1/s1. The van der Waals surface area contributed by atoms with Gasteiger partial charge in [-0.2, -0.15) is 0 Å². The van der Waals surface area contributed by atoms with Crippen molar-refractivity contribution in [3.63, 3.8) is 0 Å². The summed E-state index contributed by atoms with van der Waals surface area (Å²) in [6.45, 7) is 0.958. The first-order chi connectivity index (χ1) is 9.85. The van der Waals surface area contributed by atoms with E-state index in [9.17, 15) is 24.3 Å². The lowest BCUT2D eigenvalue weighted by Gasteiger charge is -2.56. The number of nitrogens with zero attached hydrogens (tertiary/aromatic N) is 1. The van der Waals surface area contributed by atoms with Gasteiger partial charge in [0.2, 0.25) is 6.41 Å². The van der Waals surface area contributed by atoms with E-state index in [4.69, 9.17) is 10.5 Å². The molecule has 1 fully saturated rings. The lowest BCUT2D eigenvalue weighted by atomic mass is 9.99. The first-order valence-corrected chi connectivity index (χ1v) is 6.87. The van der Waals surface area contributed by atoms with Gasteiger partial charge in [0.25, 0.3) is 5.91 Å². The molecule has 21 heavy (non-hydrogen) atoms. The van der Waals surface area contributed by atoms with Gasteiger partial charge in [0, 0.05) is 18.2 Å². The van der Waals surface area contributed by atoms with Crippen LogP contribution in [-0.4, -0.2) is 57.7 Å².